The molecule has 1 aromatic heterocycles. The van der Waals surface area contributed by atoms with E-state index in [1.807, 2.05) is 11.6 Å². The second kappa shape index (κ2) is 11.8. The Kier molecular flexibility index (Phi) is 9.45. The summed E-state index contributed by atoms with van der Waals surface area (Å²) < 4.78 is 33.0. The predicted molar refractivity (Wildman–Crippen MR) is 125 cm³/mol. The summed E-state index contributed by atoms with van der Waals surface area (Å²) in [6, 6.07) is 17.0. The Labute approximate surface area is 193 Å². The third kappa shape index (κ3) is 8.12. The van der Waals surface area contributed by atoms with Crippen molar-refractivity contribution in [1.82, 2.24) is 0 Å². The molecule has 0 saturated heterocycles. The minimum absolute atomic E-state index is 0.808. The van der Waals surface area contributed by atoms with Gasteiger partial charge in [-0.25, -0.2) is 13.0 Å². The van der Waals surface area contributed by atoms with Crippen LogP contribution in [0.3, 0.4) is 0 Å². The summed E-state index contributed by atoms with van der Waals surface area (Å²) >= 11 is 1.65. The molecule has 8 nitrogen and oxygen atoms in total. The third-order valence-electron chi connectivity index (χ3n) is 4.52. The van der Waals surface area contributed by atoms with E-state index in [1.54, 1.807) is 11.3 Å². The molecule has 172 valence electrons. The molecule has 0 atom stereocenters. The molecule has 0 unspecified atom stereocenters. The Balaban J connectivity index is 0.000000534. The molecule has 0 spiro atoms. The highest BCUT2D eigenvalue weighted by molar-refractivity contribution is 7.80. The van der Waals surface area contributed by atoms with Crippen LogP contribution in [0.25, 0.3) is 0 Å². The van der Waals surface area contributed by atoms with E-state index in [0.717, 1.165) is 36.6 Å². The zero-order valence-electron chi connectivity index (χ0n) is 18.8. The Morgan fingerprint density at radius 3 is 2.28 bits per heavy atom. The molecule has 0 bridgehead atoms. The molecular weight excluding hydrogens is 448 g/mol. The summed E-state index contributed by atoms with van der Waals surface area (Å²) in [5, 5.41) is 9.78. The van der Waals surface area contributed by atoms with Gasteiger partial charge in [0.2, 0.25) is 10.4 Å². The molecule has 0 fully saturated rings. The van der Waals surface area contributed by atoms with Gasteiger partial charge in [-0.05, 0) is 66.5 Å². The van der Waals surface area contributed by atoms with Gasteiger partial charge in [-0.3, -0.25) is 4.18 Å². The van der Waals surface area contributed by atoms with Crippen molar-refractivity contribution in [3.63, 3.8) is 0 Å². The van der Waals surface area contributed by atoms with Gasteiger partial charge in [0.1, 0.15) is 11.9 Å². The van der Waals surface area contributed by atoms with Gasteiger partial charge in [-0.2, -0.15) is 0 Å². The molecule has 0 saturated carbocycles. The third-order valence-corrected chi connectivity index (χ3v) is 5.91. The summed E-state index contributed by atoms with van der Waals surface area (Å²) in [5.41, 5.74) is 4.57. The van der Waals surface area contributed by atoms with Crippen LogP contribution in [0.2, 0.25) is 0 Å². The van der Waals surface area contributed by atoms with Crippen LogP contribution >= 0.6 is 11.3 Å². The molecule has 1 heterocycles. The number of nitrogens with zero attached hydrogens (tertiary/aromatic N) is 4. The maximum absolute atomic E-state index is 9.22. The summed E-state index contributed by atoms with van der Waals surface area (Å²) in [6.45, 7) is 8.22. The topological polar surface area (TPSA) is 98.3 Å². The van der Waals surface area contributed by atoms with Crippen molar-refractivity contribution in [3.05, 3.63) is 70.7 Å². The van der Waals surface area contributed by atoms with Crippen molar-refractivity contribution in [2.24, 2.45) is 17.3 Å². The minimum atomic E-state index is -4.41. The second-order valence-corrected chi connectivity index (χ2v) is 9.34. The van der Waals surface area contributed by atoms with Crippen molar-refractivity contribution < 1.29 is 21.7 Å². The van der Waals surface area contributed by atoms with Gasteiger partial charge in [-0.15, -0.1) is 0 Å². The van der Waals surface area contributed by atoms with Crippen LogP contribution < -0.4 is 9.47 Å². The first-order valence-corrected chi connectivity index (χ1v) is 12.1. The molecule has 0 amide bonds. The molecule has 0 radical (unpaired) electrons. The first-order chi connectivity index (χ1) is 15.1. The van der Waals surface area contributed by atoms with Crippen LogP contribution in [0.15, 0.2) is 65.0 Å². The number of thiazole rings is 1. The number of benzene rings is 2. The van der Waals surface area contributed by atoms with Crippen LogP contribution in [0.1, 0.15) is 22.9 Å². The van der Waals surface area contributed by atoms with Gasteiger partial charge in [0.05, 0.1) is 19.3 Å². The van der Waals surface area contributed by atoms with Gasteiger partial charge in [0.25, 0.3) is 0 Å². The number of rotatable bonds is 7. The van der Waals surface area contributed by atoms with Crippen LogP contribution in [0, 0.1) is 13.8 Å². The summed E-state index contributed by atoms with van der Waals surface area (Å²) in [7, 11) is -1.61. The molecule has 0 aliphatic carbocycles. The molecular formula is C22H28N4O4S2. The van der Waals surface area contributed by atoms with E-state index in [2.05, 4.69) is 94.8 Å². The average molecular weight is 477 g/mol. The Morgan fingerprint density at radius 2 is 1.78 bits per heavy atom. The zero-order valence-corrected chi connectivity index (χ0v) is 20.5. The fourth-order valence-corrected chi connectivity index (χ4v) is 3.67. The maximum Gasteiger partial charge on any atom is 0.408 e. The maximum atomic E-state index is 9.22. The lowest BCUT2D eigenvalue weighted by molar-refractivity contribution is -0.654. The second-order valence-electron chi connectivity index (χ2n) is 6.98. The van der Waals surface area contributed by atoms with Crippen LogP contribution in [0.5, 0.6) is 0 Å². The van der Waals surface area contributed by atoms with E-state index in [1.165, 1.54) is 16.1 Å². The SMILES string of the molecule is CCN(Cc1ccccc1)c1ccc(N=Nc2sc(C)c[n+]2C)c(C)c1.COS(=O)(=O)[O-]. The molecule has 3 aromatic rings. The Bertz CT molecular complexity index is 1150. The predicted octanol–water partition coefficient (Wildman–Crippen LogP) is 4.72. The van der Waals surface area contributed by atoms with E-state index in [9.17, 15) is 13.0 Å². The van der Waals surface area contributed by atoms with Gasteiger partial charge < -0.3 is 9.45 Å². The fourth-order valence-electron chi connectivity index (χ4n) is 2.90. The van der Waals surface area contributed by atoms with Gasteiger partial charge in [-0.1, -0.05) is 30.3 Å². The highest BCUT2D eigenvalue weighted by Gasteiger charge is 2.12. The van der Waals surface area contributed by atoms with Gasteiger partial charge in [0, 0.05) is 23.7 Å². The molecule has 0 aliphatic rings. The highest BCUT2D eigenvalue weighted by Crippen LogP contribution is 2.28. The number of aryl methyl sites for hydroxylation is 3. The van der Waals surface area contributed by atoms with E-state index in [0.29, 0.717) is 0 Å². The van der Waals surface area contributed by atoms with Crippen LogP contribution in [-0.2, 0) is 28.2 Å². The van der Waals surface area contributed by atoms with Crippen molar-refractivity contribution in [2.75, 3.05) is 18.6 Å². The highest BCUT2D eigenvalue weighted by atomic mass is 32.3. The Hall–Kier alpha value is -2.66. The largest absolute Gasteiger partial charge is 0.726 e. The van der Waals surface area contributed by atoms with Crippen molar-refractivity contribution in [1.29, 1.82) is 0 Å². The van der Waals surface area contributed by atoms with E-state index >= 15 is 0 Å². The molecule has 3 rings (SSSR count). The summed E-state index contributed by atoms with van der Waals surface area (Å²) in [4.78, 5) is 3.60. The van der Waals surface area contributed by atoms with E-state index in [4.69, 9.17) is 0 Å². The van der Waals surface area contributed by atoms with Gasteiger partial charge >= 0.3 is 5.13 Å². The van der Waals surface area contributed by atoms with Crippen molar-refractivity contribution >= 4 is 38.2 Å². The van der Waals surface area contributed by atoms with Crippen molar-refractivity contribution in [3.8, 4) is 0 Å². The number of azo groups is 1. The van der Waals surface area contributed by atoms with E-state index < -0.39 is 10.4 Å². The smallest absolute Gasteiger partial charge is 0.408 e. The minimum Gasteiger partial charge on any atom is -0.726 e. The first kappa shape index (κ1) is 25.6. The first-order valence-electron chi connectivity index (χ1n) is 9.91. The molecule has 10 heteroatoms. The van der Waals surface area contributed by atoms with E-state index in [-0.39, 0.29) is 0 Å². The monoisotopic (exact) mass is 476 g/mol. The molecule has 32 heavy (non-hydrogen) atoms. The number of anilines is 1. The lowest BCUT2D eigenvalue weighted by atomic mass is 10.1. The standard InChI is InChI=1S/C21H25N4S.CH4O4S/c1-5-25(15-18-9-7-6-8-10-18)19-11-12-20(16(2)13-19)22-23-21-24(4)14-17(3)26-21;1-5-6(2,3)4/h6-14H,5,15H2,1-4H3;1H3,(H,2,3,4)/q+1;/p-1. The van der Waals surface area contributed by atoms with Crippen LogP contribution in [-0.4, -0.2) is 26.6 Å². The quantitative estimate of drug-likeness (QED) is 0.213. The zero-order chi connectivity index (χ0) is 23.7. The lowest BCUT2D eigenvalue weighted by Crippen LogP contribution is -2.23. The van der Waals surface area contributed by atoms with Crippen molar-refractivity contribution in [2.45, 2.75) is 27.3 Å². The van der Waals surface area contributed by atoms with Crippen LogP contribution in [0.4, 0.5) is 16.5 Å². The molecule has 0 N–H and O–H groups in total. The normalized spacial score (nSPS) is 11.3. The fraction of sp³-hybridized carbons (Fsp3) is 0.318. The number of hydrogen-bond acceptors (Lipinski definition) is 8. The van der Waals surface area contributed by atoms with Gasteiger partial charge in [0.15, 0.2) is 0 Å². The Morgan fingerprint density at radius 1 is 1.12 bits per heavy atom. The molecule has 2 aromatic carbocycles. The average Bonchev–Trinajstić information content (AvgIpc) is 3.08. The summed E-state index contributed by atoms with van der Waals surface area (Å²) in [6.07, 6.45) is 2.07. The number of aromatic nitrogens is 1. The number of hydrogen-bond donors (Lipinski definition) is 0. The lowest BCUT2D eigenvalue weighted by Gasteiger charge is -2.23. The molecule has 0 aliphatic heterocycles. The summed E-state index contributed by atoms with van der Waals surface area (Å²) in [5.74, 6) is 0.